The number of aliphatic hydroxyl groups is 2. The molecule has 0 bridgehead atoms. The van der Waals surface area contributed by atoms with E-state index >= 15 is 0 Å². The van der Waals surface area contributed by atoms with E-state index in [2.05, 4.69) is 71.8 Å². The molecule has 1 fully saturated rings. The smallest absolute Gasteiger partial charge is 0.462 e. The normalized spacial score (nSPS) is 19.6. The van der Waals surface area contributed by atoms with Crippen molar-refractivity contribution in [2.45, 2.75) is 199 Å². The molecule has 72 heavy (non-hydrogen) atoms. The molecule has 0 aromatic carbocycles. The van der Waals surface area contributed by atoms with Crippen LogP contribution in [0.4, 0.5) is 5.82 Å². The number of phosphoric acid groups is 2. The molecule has 3 unspecified atom stereocenters. The molecular weight excluding hydrogens is 969 g/mol. The number of hydrogen-bond donors (Lipinski definition) is 5. The number of nitrogens with zero attached hydrogens (tertiary/aromatic N) is 2. The zero-order valence-corrected chi connectivity index (χ0v) is 44.5. The Morgan fingerprint density at radius 3 is 1.68 bits per heavy atom. The van der Waals surface area contributed by atoms with Gasteiger partial charge in [-0.05, 0) is 57.4 Å². The van der Waals surface area contributed by atoms with Crippen LogP contribution in [-0.2, 0) is 46.3 Å². The lowest BCUT2D eigenvalue weighted by molar-refractivity contribution is -0.161. The Morgan fingerprint density at radius 1 is 0.681 bits per heavy atom. The highest BCUT2D eigenvalue weighted by molar-refractivity contribution is 7.61. The van der Waals surface area contributed by atoms with Crippen molar-refractivity contribution in [2.75, 3.05) is 25.6 Å². The van der Waals surface area contributed by atoms with Gasteiger partial charge in [0, 0.05) is 19.0 Å². The number of hydrogen-bond acceptors (Lipinski definition) is 15. The SMILES string of the molecule is CCC=CCC=CCC=CCC=CCC=CCC=CCCC(=O)O[C@H](COC(=O)CCCCCCCCCCCCCCCCC)COP(=O)(O)OP(=O)(O)OC[C@H]1O[C@@H](n2ccc(N)nc2=O)C(O)[C@H]1O. The molecule has 6 N–H and O–H groups in total. The zero-order chi connectivity index (χ0) is 52.7. The molecule has 0 aliphatic carbocycles. The number of nitrogens with two attached hydrogens (primary N) is 1. The maximum atomic E-state index is 12.9. The van der Waals surface area contributed by atoms with Gasteiger partial charge in [0.25, 0.3) is 0 Å². The number of ether oxygens (including phenoxy) is 3. The average molecular weight is 1050 g/mol. The third kappa shape index (κ3) is 31.7. The molecule has 2 rings (SSSR count). The molecule has 1 aromatic rings. The summed E-state index contributed by atoms with van der Waals surface area (Å²) in [6.07, 6.45) is 41.4. The largest absolute Gasteiger partial charge is 0.481 e. The summed E-state index contributed by atoms with van der Waals surface area (Å²) in [5.41, 5.74) is 4.58. The second kappa shape index (κ2) is 39.6. The molecule has 20 heteroatoms. The van der Waals surface area contributed by atoms with Gasteiger partial charge in [-0.1, -0.05) is 177 Å². The Kier molecular flexibility index (Phi) is 35.4. The van der Waals surface area contributed by atoms with Crippen LogP contribution in [0.3, 0.4) is 0 Å². The molecule has 1 aliphatic rings. The van der Waals surface area contributed by atoms with Crippen molar-refractivity contribution in [1.82, 2.24) is 9.55 Å². The van der Waals surface area contributed by atoms with Crippen molar-refractivity contribution in [3.8, 4) is 0 Å². The van der Waals surface area contributed by atoms with E-state index in [0.717, 1.165) is 68.6 Å². The van der Waals surface area contributed by atoms with Gasteiger partial charge < -0.3 is 39.9 Å². The van der Waals surface area contributed by atoms with E-state index in [4.69, 9.17) is 29.0 Å². The van der Waals surface area contributed by atoms with Gasteiger partial charge in [-0.15, -0.1) is 0 Å². The Balaban J connectivity index is 1.83. The van der Waals surface area contributed by atoms with Gasteiger partial charge >= 0.3 is 33.3 Å². The fourth-order valence-electron chi connectivity index (χ4n) is 7.34. The van der Waals surface area contributed by atoms with Crippen molar-refractivity contribution in [1.29, 1.82) is 0 Å². The molecule has 408 valence electrons. The van der Waals surface area contributed by atoms with E-state index in [0.29, 0.717) is 19.3 Å². The predicted molar refractivity (Wildman–Crippen MR) is 279 cm³/mol. The fraction of sp³-hybridized carbons (Fsp3) is 0.654. The van der Waals surface area contributed by atoms with Crippen molar-refractivity contribution in [3.63, 3.8) is 0 Å². The van der Waals surface area contributed by atoms with Gasteiger partial charge in [0.1, 0.15) is 30.7 Å². The molecule has 0 radical (unpaired) electrons. The summed E-state index contributed by atoms with van der Waals surface area (Å²) >= 11 is 0. The van der Waals surface area contributed by atoms with Gasteiger partial charge in [-0.2, -0.15) is 9.29 Å². The monoisotopic (exact) mass is 1050 g/mol. The third-order valence-electron chi connectivity index (χ3n) is 11.3. The van der Waals surface area contributed by atoms with Crippen LogP contribution in [-0.4, -0.2) is 85.7 Å². The first-order valence-electron chi connectivity index (χ1n) is 25.9. The van der Waals surface area contributed by atoms with E-state index in [9.17, 15) is 43.5 Å². The lowest BCUT2D eigenvalue weighted by Gasteiger charge is -2.21. The second-order valence-electron chi connectivity index (χ2n) is 17.6. The summed E-state index contributed by atoms with van der Waals surface area (Å²) in [6, 6.07) is 1.24. The van der Waals surface area contributed by atoms with E-state index in [1.54, 1.807) is 0 Å². The summed E-state index contributed by atoms with van der Waals surface area (Å²) in [7, 11) is -10.9. The summed E-state index contributed by atoms with van der Waals surface area (Å²) in [6.45, 7) is 1.98. The van der Waals surface area contributed by atoms with Gasteiger partial charge in [-0.25, -0.2) is 13.9 Å². The molecule has 0 amide bonds. The number of esters is 2. The molecule has 0 saturated carbocycles. The molecule has 1 aromatic heterocycles. The fourth-order valence-corrected chi connectivity index (χ4v) is 9.45. The first kappa shape index (κ1) is 64.3. The van der Waals surface area contributed by atoms with Crippen molar-refractivity contribution in [3.05, 3.63) is 95.7 Å². The first-order chi connectivity index (χ1) is 34.7. The molecule has 2 heterocycles. The number of aliphatic hydroxyl groups excluding tert-OH is 2. The van der Waals surface area contributed by atoms with Crippen molar-refractivity contribution < 1.29 is 66.3 Å². The van der Waals surface area contributed by atoms with Crippen LogP contribution in [0, 0.1) is 0 Å². The lowest BCUT2D eigenvalue weighted by atomic mass is 10.0. The maximum Gasteiger partial charge on any atom is 0.481 e. The Bertz CT molecular complexity index is 1990. The quantitative estimate of drug-likeness (QED) is 0.0176. The van der Waals surface area contributed by atoms with Gasteiger partial charge in [0.2, 0.25) is 0 Å². The molecule has 18 nitrogen and oxygen atoms in total. The minimum absolute atomic E-state index is 0.0766. The van der Waals surface area contributed by atoms with Gasteiger partial charge in [0.15, 0.2) is 12.3 Å². The number of carbonyl (C=O) groups is 2. The first-order valence-corrected chi connectivity index (χ1v) is 28.9. The topological polar surface area (TPSA) is 265 Å². The molecular formula is C52H85N3O15P2. The molecule has 1 saturated heterocycles. The highest BCUT2D eigenvalue weighted by Gasteiger charge is 2.46. The maximum absolute atomic E-state index is 12.9. The van der Waals surface area contributed by atoms with Gasteiger partial charge in [0.05, 0.1) is 13.2 Å². The van der Waals surface area contributed by atoms with E-state index < -0.39 is 83.7 Å². The predicted octanol–water partition coefficient (Wildman–Crippen LogP) is 10.9. The number of allylic oxidation sites excluding steroid dienone is 12. The number of nitrogen functional groups attached to an aromatic ring is 1. The van der Waals surface area contributed by atoms with Crippen molar-refractivity contribution in [2.24, 2.45) is 0 Å². The summed E-state index contributed by atoms with van der Waals surface area (Å²) < 4.78 is 56.7. The van der Waals surface area contributed by atoms with Crippen LogP contribution < -0.4 is 11.4 Å². The van der Waals surface area contributed by atoms with E-state index in [1.807, 2.05) is 24.3 Å². The number of rotatable bonds is 42. The lowest BCUT2D eigenvalue weighted by Crippen LogP contribution is -2.36. The Morgan fingerprint density at radius 2 is 1.17 bits per heavy atom. The van der Waals surface area contributed by atoms with Gasteiger partial charge in [-0.3, -0.25) is 23.2 Å². The van der Waals surface area contributed by atoms with E-state index in [-0.39, 0.29) is 18.7 Å². The van der Waals surface area contributed by atoms with Crippen LogP contribution in [0.5, 0.6) is 0 Å². The number of anilines is 1. The van der Waals surface area contributed by atoms with Crippen LogP contribution in [0.15, 0.2) is 90.0 Å². The zero-order valence-electron chi connectivity index (χ0n) is 42.7. The minimum atomic E-state index is -5.44. The molecule has 1 aliphatic heterocycles. The highest BCUT2D eigenvalue weighted by atomic mass is 31.3. The van der Waals surface area contributed by atoms with E-state index in [1.165, 1.54) is 70.3 Å². The number of unbranched alkanes of at least 4 members (excludes halogenated alkanes) is 14. The van der Waals surface area contributed by atoms with Crippen molar-refractivity contribution >= 4 is 33.4 Å². The number of phosphoric ester groups is 2. The third-order valence-corrected chi connectivity index (χ3v) is 13.9. The molecule has 0 spiro atoms. The van der Waals surface area contributed by atoms with Crippen LogP contribution in [0.25, 0.3) is 0 Å². The van der Waals surface area contributed by atoms with Crippen LogP contribution in [0.2, 0.25) is 0 Å². The second-order valence-corrected chi connectivity index (χ2v) is 20.7. The minimum Gasteiger partial charge on any atom is -0.462 e. The Labute approximate surface area is 427 Å². The summed E-state index contributed by atoms with van der Waals surface area (Å²) in [4.78, 5) is 61.9. The average Bonchev–Trinajstić information content (AvgIpc) is 3.62. The standard InChI is InChI=1S/C52H85N3O15P2/c1-3-5-7-9-11-13-15-17-19-20-21-22-24-26-28-30-32-34-36-38-48(57)68-44(41-65-47(56)37-35-33-31-29-27-25-23-18-16-14-12-10-8-6-4-2)42-66-71(61,62)70-72(63,64)67-43-45-49(58)50(59)51(69-45)55-40-39-46(53)54-52(55)60/h5,7,11,13,17,19,21-22,26,28,32,34,39-40,44-45,49-51,58-59H,3-4,6,8-10,12,14-16,18,20,23-25,27,29-31,33,35-38,41-43H2,1-2H3,(H,61,62)(H,63,64)(H2,53,54,60)/t44-,45-,49+,50?,51-/m1/s1. The van der Waals surface area contributed by atoms with Crippen LogP contribution >= 0.6 is 15.6 Å². The summed E-state index contributed by atoms with van der Waals surface area (Å²) in [5.74, 6) is -1.40. The van der Waals surface area contributed by atoms with Crippen LogP contribution in [0.1, 0.15) is 174 Å². The highest BCUT2D eigenvalue weighted by Crippen LogP contribution is 2.60. The summed E-state index contributed by atoms with van der Waals surface area (Å²) in [5, 5.41) is 20.9. The number of carbonyl (C=O) groups excluding carboxylic acids is 2. The molecule has 7 atom stereocenters. The Hall–Kier alpha value is -3.80. The number of aromatic nitrogens is 2.